The molecule has 0 aromatic carbocycles. The van der Waals surface area contributed by atoms with Crippen LogP contribution in [0.15, 0.2) is 32.0 Å². The topological polar surface area (TPSA) is 121 Å². The second kappa shape index (κ2) is 4.92. The van der Waals surface area contributed by atoms with Gasteiger partial charge in [0.2, 0.25) is 10.0 Å². The van der Waals surface area contributed by atoms with E-state index in [9.17, 15) is 18.5 Å². The van der Waals surface area contributed by atoms with Gasteiger partial charge in [0.15, 0.2) is 5.16 Å². The Morgan fingerprint density at radius 3 is 2.74 bits per heavy atom. The van der Waals surface area contributed by atoms with Gasteiger partial charge in [-0.3, -0.25) is 10.1 Å². The molecule has 0 spiro atoms. The summed E-state index contributed by atoms with van der Waals surface area (Å²) >= 11 is 1.78. The summed E-state index contributed by atoms with van der Waals surface area (Å²) in [6, 6.07) is 0.964. The lowest BCUT2D eigenvalue weighted by atomic mass is 10.6. The molecule has 2 aromatic heterocycles. The minimum absolute atomic E-state index is 0.225. The minimum atomic E-state index is -3.95. The number of imidazole rings is 1. The van der Waals surface area contributed by atoms with Crippen LogP contribution in [0.3, 0.4) is 0 Å². The van der Waals surface area contributed by atoms with Gasteiger partial charge in [-0.15, -0.1) is 11.3 Å². The molecular weight excluding hydrogens is 312 g/mol. The van der Waals surface area contributed by atoms with Crippen molar-refractivity contribution in [2.75, 3.05) is 0 Å². The molecule has 0 fully saturated rings. The smallest absolute Gasteiger partial charge is 0.295 e. The van der Waals surface area contributed by atoms with E-state index in [4.69, 9.17) is 5.14 Å². The van der Waals surface area contributed by atoms with Crippen molar-refractivity contribution in [3.05, 3.63) is 28.6 Å². The fourth-order valence-corrected chi connectivity index (χ4v) is 4.34. The molecule has 0 atom stereocenters. The number of nitrogens with zero attached hydrogens (tertiary/aromatic N) is 3. The van der Waals surface area contributed by atoms with Gasteiger partial charge in [-0.2, -0.15) is 0 Å². The maximum Gasteiger partial charge on any atom is 0.295 e. The zero-order valence-corrected chi connectivity index (χ0v) is 12.0. The molecule has 2 heterocycles. The Bertz CT molecular complexity index is 733. The van der Waals surface area contributed by atoms with Crippen LogP contribution in [0.5, 0.6) is 0 Å². The highest BCUT2D eigenvalue weighted by molar-refractivity contribution is 8.01. The average molecular weight is 320 g/mol. The van der Waals surface area contributed by atoms with E-state index in [1.54, 1.807) is 24.0 Å². The van der Waals surface area contributed by atoms with Crippen LogP contribution < -0.4 is 5.14 Å². The zero-order valence-electron chi connectivity index (χ0n) is 9.51. The van der Waals surface area contributed by atoms with Gasteiger partial charge < -0.3 is 4.57 Å². The zero-order chi connectivity index (χ0) is 14.2. The van der Waals surface area contributed by atoms with Crippen molar-refractivity contribution in [1.29, 1.82) is 0 Å². The normalized spacial score (nSPS) is 11.7. The van der Waals surface area contributed by atoms with Crippen molar-refractivity contribution >= 4 is 38.8 Å². The molecule has 102 valence electrons. The Hall–Kier alpha value is -1.43. The van der Waals surface area contributed by atoms with Crippen molar-refractivity contribution in [2.45, 2.75) is 13.6 Å². The SMILES string of the molecule is Cn1ccnc1Sc1sc(S(N)(=O)=O)cc1[N+](=O)[O-]. The first-order chi connectivity index (χ1) is 8.79. The fourth-order valence-electron chi connectivity index (χ4n) is 1.22. The second-order valence-electron chi connectivity index (χ2n) is 3.46. The first kappa shape index (κ1) is 14.0. The van der Waals surface area contributed by atoms with Crippen LogP contribution in [-0.4, -0.2) is 22.9 Å². The molecule has 11 heteroatoms. The molecule has 8 nitrogen and oxygen atoms in total. The lowest BCUT2D eigenvalue weighted by molar-refractivity contribution is -0.387. The minimum Gasteiger partial charge on any atom is -0.329 e. The van der Waals surface area contributed by atoms with E-state index in [0.717, 1.165) is 29.2 Å². The number of thiophene rings is 1. The summed E-state index contributed by atoms with van der Waals surface area (Å²) in [7, 11) is -2.22. The number of nitrogens with two attached hydrogens (primary N) is 1. The van der Waals surface area contributed by atoms with E-state index in [0.29, 0.717) is 5.16 Å². The summed E-state index contributed by atoms with van der Waals surface area (Å²) in [4.78, 5) is 14.3. The first-order valence-corrected chi connectivity index (χ1v) is 7.93. The lowest BCUT2D eigenvalue weighted by Crippen LogP contribution is -2.09. The Morgan fingerprint density at radius 2 is 2.26 bits per heavy atom. The van der Waals surface area contributed by atoms with Crippen molar-refractivity contribution in [1.82, 2.24) is 9.55 Å². The standard InChI is InChI=1S/C8H8N4O4S3/c1-11-3-2-10-8(11)18-7-5(12(13)14)4-6(17-7)19(9,15)16/h2-4H,1H3,(H2,9,15,16). The van der Waals surface area contributed by atoms with Crippen LogP contribution in [0.2, 0.25) is 0 Å². The van der Waals surface area contributed by atoms with Crippen molar-refractivity contribution in [2.24, 2.45) is 12.2 Å². The third kappa shape index (κ3) is 2.94. The first-order valence-electron chi connectivity index (χ1n) is 4.75. The van der Waals surface area contributed by atoms with E-state index in [-0.39, 0.29) is 14.1 Å². The molecule has 0 radical (unpaired) electrons. The van der Waals surface area contributed by atoms with Crippen molar-refractivity contribution in [3.8, 4) is 0 Å². The van der Waals surface area contributed by atoms with Crippen LogP contribution >= 0.6 is 23.1 Å². The number of hydrogen-bond donors (Lipinski definition) is 1. The fraction of sp³-hybridized carbons (Fsp3) is 0.125. The van der Waals surface area contributed by atoms with E-state index in [1.165, 1.54) is 0 Å². The summed E-state index contributed by atoms with van der Waals surface area (Å²) in [5.74, 6) is 0. The third-order valence-electron chi connectivity index (χ3n) is 2.10. The number of rotatable bonds is 4. The van der Waals surface area contributed by atoms with Gasteiger partial charge in [-0.1, -0.05) is 0 Å². The number of sulfonamides is 1. The van der Waals surface area contributed by atoms with Crippen molar-refractivity contribution in [3.63, 3.8) is 0 Å². The van der Waals surface area contributed by atoms with Crippen LogP contribution in [0, 0.1) is 10.1 Å². The molecule has 0 amide bonds. The maximum absolute atomic E-state index is 11.2. The van der Waals surface area contributed by atoms with Crippen LogP contribution in [0.1, 0.15) is 0 Å². The highest BCUT2D eigenvalue weighted by Gasteiger charge is 2.25. The van der Waals surface area contributed by atoms with Crippen LogP contribution in [-0.2, 0) is 17.1 Å². The molecule has 0 aliphatic heterocycles. The molecule has 2 aromatic rings. The van der Waals surface area contributed by atoms with Gasteiger partial charge in [0.25, 0.3) is 5.69 Å². The van der Waals surface area contributed by atoms with E-state index < -0.39 is 14.9 Å². The predicted octanol–water partition coefficient (Wildman–Crippen LogP) is 1.19. The summed E-state index contributed by atoms with van der Waals surface area (Å²) < 4.78 is 24.1. The monoisotopic (exact) mass is 320 g/mol. The molecule has 2 rings (SSSR count). The van der Waals surface area contributed by atoms with Gasteiger partial charge in [-0.05, 0) is 11.8 Å². The Balaban J connectivity index is 2.47. The second-order valence-corrected chi connectivity index (χ2v) is 7.54. The van der Waals surface area contributed by atoms with Crippen LogP contribution in [0.4, 0.5) is 5.69 Å². The molecule has 0 unspecified atom stereocenters. The van der Waals surface area contributed by atoms with Crippen LogP contribution in [0.25, 0.3) is 0 Å². The highest BCUT2D eigenvalue weighted by atomic mass is 32.3. The molecule has 19 heavy (non-hydrogen) atoms. The van der Waals surface area contributed by atoms with Crippen molar-refractivity contribution < 1.29 is 13.3 Å². The van der Waals surface area contributed by atoms with E-state index in [1.807, 2.05) is 0 Å². The molecule has 0 saturated heterocycles. The van der Waals surface area contributed by atoms with E-state index >= 15 is 0 Å². The van der Waals surface area contributed by atoms with Gasteiger partial charge >= 0.3 is 0 Å². The molecule has 0 aliphatic carbocycles. The largest absolute Gasteiger partial charge is 0.329 e. The molecular formula is C8H8N4O4S3. The van der Waals surface area contributed by atoms with Gasteiger partial charge in [0.1, 0.15) is 8.42 Å². The molecule has 0 aliphatic rings. The number of primary sulfonamides is 1. The average Bonchev–Trinajstić information content (AvgIpc) is 2.86. The van der Waals surface area contributed by atoms with Gasteiger partial charge in [0, 0.05) is 25.5 Å². The Morgan fingerprint density at radius 1 is 1.58 bits per heavy atom. The highest BCUT2D eigenvalue weighted by Crippen LogP contribution is 2.41. The maximum atomic E-state index is 11.2. The predicted molar refractivity (Wildman–Crippen MR) is 69.7 cm³/mol. The molecule has 0 saturated carbocycles. The molecule has 0 bridgehead atoms. The summed E-state index contributed by atoms with van der Waals surface area (Å²) in [6.45, 7) is 0. The Labute approximate surface area is 116 Å². The summed E-state index contributed by atoms with van der Waals surface area (Å²) in [6.07, 6.45) is 3.23. The third-order valence-corrected chi connectivity index (χ3v) is 5.90. The number of nitro groups is 1. The molecule has 2 N–H and O–H groups in total. The van der Waals surface area contributed by atoms with Gasteiger partial charge in [-0.25, -0.2) is 18.5 Å². The Kier molecular flexibility index (Phi) is 3.62. The number of hydrogen-bond acceptors (Lipinski definition) is 7. The summed E-state index contributed by atoms with van der Waals surface area (Å²) in [5.41, 5.74) is -0.290. The quantitative estimate of drug-likeness (QED) is 0.667. The summed E-state index contributed by atoms with van der Waals surface area (Å²) in [5, 5.41) is 16.4. The lowest BCUT2D eigenvalue weighted by Gasteiger charge is -1.98. The van der Waals surface area contributed by atoms with E-state index in [2.05, 4.69) is 4.98 Å². The number of aryl methyl sites for hydroxylation is 1. The van der Waals surface area contributed by atoms with Gasteiger partial charge in [0.05, 0.1) is 4.92 Å². The number of aromatic nitrogens is 2.